The summed E-state index contributed by atoms with van der Waals surface area (Å²) in [4.78, 5) is 4.09. The fraction of sp³-hybridized carbons (Fsp3) is 0.583. The van der Waals surface area contributed by atoms with Gasteiger partial charge in [-0.05, 0) is 26.3 Å². The van der Waals surface area contributed by atoms with E-state index in [9.17, 15) is 8.42 Å². The highest BCUT2D eigenvalue weighted by Gasteiger charge is 2.34. The first-order valence-electron chi connectivity index (χ1n) is 6.37. The van der Waals surface area contributed by atoms with Gasteiger partial charge in [0.2, 0.25) is 10.0 Å². The van der Waals surface area contributed by atoms with Gasteiger partial charge < -0.3 is 10.1 Å². The van der Waals surface area contributed by atoms with Crippen molar-refractivity contribution >= 4 is 27.4 Å². The summed E-state index contributed by atoms with van der Waals surface area (Å²) in [5.41, 5.74) is -0.578. The van der Waals surface area contributed by atoms with Crippen molar-refractivity contribution in [3.05, 3.63) is 17.3 Å². The molecule has 1 saturated heterocycles. The molecule has 2 rings (SSSR count). The zero-order valence-electron chi connectivity index (χ0n) is 11.4. The highest BCUT2D eigenvalue weighted by atomic mass is 35.5. The van der Waals surface area contributed by atoms with Gasteiger partial charge in [-0.1, -0.05) is 11.6 Å². The van der Waals surface area contributed by atoms with E-state index in [0.29, 0.717) is 32.0 Å². The molecule has 2 N–H and O–H groups in total. The summed E-state index contributed by atoms with van der Waals surface area (Å²) in [5, 5.41) is 3.24. The first-order chi connectivity index (χ1) is 9.36. The van der Waals surface area contributed by atoms with Crippen LogP contribution < -0.4 is 10.0 Å². The number of nitrogens with zero attached hydrogens (tertiary/aromatic N) is 1. The Bertz CT molecular complexity index is 586. The zero-order valence-corrected chi connectivity index (χ0v) is 13.0. The molecule has 1 aromatic rings. The lowest BCUT2D eigenvalue weighted by Gasteiger charge is -2.23. The van der Waals surface area contributed by atoms with Gasteiger partial charge in [-0.25, -0.2) is 18.1 Å². The lowest BCUT2D eigenvalue weighted by Crippen LogP contribution is -2.46. The van der Waals surface area contributed by atoms with E-state index in [0.717, 1.165) is 0 Å². The lowest BCUT2D eigenvalue weighted by atomic mass is 10.0. The van der Waals surface area contributed by atoms with Gasteiger partial charge in [0.05, 0.1) is 17.2 Å². The number of halogens is 1. The standard InChI is InChI=1S/C12H18ClN3O3S/c1-3-14-11-10(13)6-9(7-15-11)20(17,18)16-12(2)4-5-19-8-12/h6-7,16H,3-5,8H2,1-2H3,(H,14,15). The molecule has 1 atom stereocenters. The quantitative estimate of drug-likeness (QED) is 0.862. The Hall–Kier alpha value is -0.890. The number of anilines is 1. The van der Waals surface area contributed by atoms with Crippen LogP contribution in [0.5, 0.6) is 0 Å². The second-order valence-corrected chi connectivity index (χ2v) is 7.09. The minimum Gasteiger partial charge on any atom is -0.379 e. The van der Waals surface area contributed by atoms with E-state index in [1.165, 1.54) is 12.3 Å². The van der Waals surface area contributed by atoms with Crippen molar-refractivity contribution in [2.45, 2.75) is 30.7 Å². The third-order valence-corrected chi connectivity index (χ3v) is 4.96. The van der Waals surface area contributed by atoms with Gasteiger partial charge in [0.25, 0.3) is 0 Å². The largest absolute Gasteiger partial charge is 0.379 e. The Morgan fingerprint density at radius 3 is 2.85 bits per heavy atom. The Labute approximate surface area is 123 Å². The van der Waals surface area contributed by atoms with Crippen molar-refractivity contribution in [2.75, 3.05) is 25.1 Å². The normalized spacial score (nSPS) is 22.9. The first-order valence-corrected chi connectivity index (χ1v) is 8.23. The average molecular weight is 320 g/mol. The molecule has 1 fully saturated rings. The molecule has 0 aliphatic carbocycles. The molecule has 1 unspecified atom stereocenters. The van der Waals surface area contributed by atoms with E-state index in [1.807, 2.05) is 13.8 Å². The van der Waals surface area contributed by atoms with Gasteiger partial charge in [0.15, 0.2) is 0 Å². The molecule has 8 heteroatoms. The molecule has 0 spiro atoms. The summed E-state index contributed by atoms with van der Waals surface area (Å²) in [6, 6.07) is 1.40. The topological polar surface area (TPSA) is 80.3 Å². The van der Waals surface area contributed by atoms with Crippen LogP contribution in [-0.4, -0.2) is 38.7 Å². The fourth-order valence-electron chi connectivity index (χ4n) is 2.00. The molecule has 1 aliphatic heterocycles. The van der Waals surface area contributed by atoms with E-state index < -0.39 is 15.6 Å². The van der Waals surface area contributed by atoms with Crippen molar-refractivity contribution < 1.29 is 13.2 Å². The number of pyridine rings is 1. The van der Waals surface area contributed by atoms with Crippen LogP contribution >= 0.6 is 11.6 Å². The summed E-state index contributed by atoms with van der Waals surface area (Å²) in [5.74, 6) is 0.475. The van der Waals surface area contributed by atoms with Gasteiger partial charge in [-0.3, -0.25) is 0 Å². The molecule has 0 amide bonds. The van der Waals surface area contributed by atoms with Gasteiger partial charge in [-0.15, -0.1) is 0 Å². The fourth-order valence-corrected chi connectivity index (χ4v) is 3.69. The van der Waals surface area contributed by atoms with Crippen LogP contribution in [0.3, 0.4) is 0 Å². The Balaban J connectivity index is 2.23. The number of ether oxygens (including phenoxy) is 1. The maximum absolute atomic E-state index is 12.3. The third-order valence-electron chi connectivity index (χ3n) is 3.07. The Morgan fingerprint density at radius 2 is 2.30 bits per heavy atom. The highest BCUT2D eigenvalue weighted by molar-refractivity contribution is 7.89. The molecule has 0 aromatic carbocycles. The van der Waals surface area contributed by atoms with E-state index >= 15 is 0 Å². The average Bonchev–Trinajstić information content (AvgIpc) is 2.77. The third kappa shape index (κ3) is 3.41. The summed E-state index contributed by atoms with van der Waals surface area (Å²) in [7, 11) is -3.66. The summed E-state index contributed by atoms with van der Waals surface area (Å²) >= 11 is 6.02. The summed E-state index contributed by atoms with van der Waals surface area (Å²) in [6.45, 7) is 5.30. The number of sulfonamides is 1. The van der Waals surface area contributed by atoms with Crippen LogP contribution in [0.4, 0.5) is 5.82 Å². The maximum atomic E-state index is 12.3. The van der Waals surface area contributed by atoms with Crippen molar-refractivity contribution in [2.24, 2.45) is 0 Å². The minimum atomic E-state index is -3.66. The smallest absolute Gasteiger partial charge is 0.242 e. The van der Waals surface area contributed by atoms with E-state index in [1.54, 1.807) is 0 Å². The molecule has 0 saturated carbocycles. The molecule has 20 heavy (non-hydrogen) atoms. The van der Waals surface area contributed by atoms with Crippen LogP contribution in [0.1, 0.15) is 20.3 Å². The lowest BCUT2D eigenvalue weighted by molar-refractivity contribution is 0.178. The second-order valence-electron chi connectivity index (χ2n) is 5.00. The van der Waals surface area contributed by atoms with Gasteiger partial charge in [0, 0.05) is 19.3 Å². The van der Waals surface area contributed by atoms with Crippen LogP contribution in [0, 0.1) is 0 Å². The van der Waals surface area contributed by atoms with Crippen molar-refractivity contribution in [1.82, 2.24) is 9.71 Å². The van der Waals surface area contributed by atoms with E-state index in [4.69, 9.17) is 16.3 Å². The van der Waals surface area contributed by atoms with E-state index in [-0.39, 0.29) is 9.92 Å². The molecular weight excluding hydrogens is 302 g/mol. The van der Waals surface area contributed by atoms with Crippen LogP contribution in [0.2, 0.25) is 5.02 Å². The predicted molar refractivity (Wildman–Crippen MR) is 77.6 cm³/mol. The molecule has 0 radical (unpaired) electrons. The van der Waals surface area contributed by atoms with Crippen LogP contribution in [0.25, 0.3) is 0 Å². The monoisotopic (exact) mass is 319 g/mol. The van der Waals surface area contributed by atoms with Crippen LogP contribution in [-0.2, 0) is 14.8 Å². The predicted octanol–water partition coefficient (Wildman–Crippen LogP) is 1.62. The number of nitrogens with one attached hydrogen (secondary N) is 2. The van der Waals surface area contributed by atoms with Crippen molar-refractivity contribution in [3.8, 4) is 0 Å². The van der Waals surface area contributed by atoms with Crippen molar-refractivity contribution in [3.63, 3.8) is 0 Å². The summed E-state index contributed by atoms with van der Waals surface area (Å²) in [6.07, 6.45) is 1.94. The minimum absolute atomic E-state index is 0.0530. The molecule has 2 heterocycles. The highest BCUT2D eigenvalue weighted by Crippen LogP contribution is 2.25. The number of hydrogen-bond donors (Lipinski definition) is 2. The first kappa shape index (κ1) is 15.5. The van der Waals surface area contributed by atoms with Gasteiger partial charge in [-0.2, -0.15) is 0 Å². The van der Waals surface area contributed by atoms with Crippen LogP contribution in [0.15, 0.2) is 17.2 Å². The molecular formula is C12H18ClN3O3S. The maximum Gasteiger partial charge on any atom is 0.242 e. The SMILES string of the molecule is CCNc1ncc(S(=O)(=O)NC2(C)CCOC2)cc1Cl. The second kappa shape index (κ2) is 5.85. The van der Waals surface area contributed by atoms with Gasteiger partial charge >= 0.3 is 0 Å². The Kier molecular flexibility index (Phi) is 4.53. The molecule has 112 valence electrons. The van der Waals surface area contributed by atoms with Gasteiger partial charge in [0.1, 0.15) is 10.7 Å². The number of aromatic nitrogens is 1. The molecule has 0 bridgehead atoms. The van der Waals surface area contributed by atoms with E-state index in [2.05, 4.69) is 15.0 Å². The van der Waals surface area contributed by atoms with Crippen molar-refractivity contribution in [1.29, 1.82) is 0 Å². The Morgan fingerprint density at radius 1 is 1.55 bits per heavy atom. The molecule has 6 nitrogen and oxygen atoms in total. The molecule has 1 aliphatic rings. The molecule has 1 aromatic heterocycles. The number of rotatable bonds is 5. The zero-order chi connectivity index (χ0) is 14.8. The summed E-state index contributed by atoms with van der Waals surface area (Å²) < 4.78 is 32.6. The number of hydrogen-bond acceptors (Lipinski definition) is 5.